The highest BCUT2D eigenvalue weighted by Gasteiger charge is 2.37. The van der Waals surface area contributed by atoms with Crippen LogP contribution in [0.3, 0.4) is 0 Å². The number of hydrogen-bond donors (Lipinski definition) is 0. The molecule has 154 valence electrons. The van der Waals surface area contributed by atoms with Crippen LogP contribution in [0.4, 0.5) is 4.79 Å². The third-order valence-corrected chi connectivity index (χ3v) is 5.86. The summed E-state index contributed by atoms with van der Waals surface area (Å²) in [6.07, 6.45) is 1.80. The molecule has 1 aliphatic heterocycles. The highest BCUT2D eigenvalue weighted by molar-refractivity contribution is 9.10. The number of aromatic nitrogens is 1. The second kappa shape index (κ2) is 7.89. The van der Waals surface area contributed by atoms with Gasteiger partial charge in [-0.25, -0.2) is 9.78 Å². The quantitative estimate of drug-likeness (QED) is 0.512. The summed E-state index contributed by atoms with van der Waals surface area (Å²) in [5, 5.41) is 0. The maximum atomic E-state index is 12.2. The third kappa shape index (κ3) is 4.26. The van der Waals surface area contributed by atoms with Gasteiger partial charge in [0.2, 0.25) is 5.88 Å². The monoisotopic (exact) mass is 454 g/mol. The van der Waals surface area contributed by atoms with Crippen LogP contribution < -0.4 is 4.74 Å². The van der Waals surface area contributed by atoms with Crippen molar-refractivity contribution >= 4 is 28.0 Å². The van der Waals surface area contributed by atoms with Gasteiger partial charge < -0.3 is 19.1 Å². The summed E-state index contributed by atoms with van der Waals surface area (Å²) in [7, 11) is 1.41. The number of amides is 1. The van der Waals surface area contributed by atoms with E-state index < -0.39 is 5.60 Å². The standard InChI is InChI=1S/C20H27BrN2O5/c1-11-14-8-12(18(24)26-5)9-15(14)16(21)22-17(11)27-10-13-6-7-23(13)19(25)28-20(2,3)4/h12-13H,6-10H2,1-5H3/t12?,13-/m0/s1. The number of methoxy groups -OCH3 is 1. The molecule has 2 aliphatic rings. The van der Waals surface area contributed by atoms with Gasteiger partial charge in [0.05, 0.1) is 19.1 Å². The molecular formula is C20H27BrN2O5. The lowest BCUT2D eigenvalue weighted by Gasteiger charge is -2.41. The molecule has 0 aromatic carbocycles. The van der Waals surface area contributed by atoms with Crippen LogP contribution in [0, 0.1) is 12.8 Å². The Morgan fingerprint density at radius 3 is 2.50 bits per heavy atom. The first-order valence-electron chi connectivity index (χ1n) is 9.48. The molecule has 0 saturated carbocycles. The van der Waals surface area contributed by atoms with E-state index in [4.69, 9.17) is 14.2 Å². The molecule has 1 fully saturated rings. The summed E-state index contributed by atoms with van der Waals surface area (Å²) in [5.41, 5.74) is 2.55. The fourth-order valence-corrected chi connectivity index (χ4v) is 4.16. The summed E-state index contributed by atoms with van der Waals surface area (Å²) in [5.74, 6) is 0.154. The predicted octanol–water partition coefficient (Wildman–Crippen LogP) is 3.43. The van der Waals surface area contributed by atoms with Crippen molar-refractivity contribution < 1.29 is 23.8 Å². The molecule has 2 atom stereocenters. The van der Waals surface area contributed by atoms with Gasteiger partial charge in [-0.15, -0.1) is 0 Å². The zero-order valence-electron chi connectivity index (χ0n) is 17.0. The average Bonchev–Trinajstić information content (AvgIpc) is 3.02. The Balaban J connectivity index is 1.66. The molecule has 0 bridgehead atoms. The maximum Gasteiger partial charge on any atom is 0.410 e. The van der Waals surface area contributed by atoms with E-state index in [2.05, 4.69) is 20.9 Å². The number of esters is 1. The normalized spacial score (nSPS) is 21.0. The average molecular weight is 455 g/mol. The van der Waals surface area contributed by atoms with E-state index in [1.165, 1.54) is 7.11 Å². The number of rotatable bonds is 4. The van der Waals surface area contributed by atoms with E-state index >= 15 is 0 Å². The fraction of sp³-hybridized carbons (Fsp3) is 0.650. The van der Waals surface area contributed by atoms with Crippen LogP contribution in [0.5, 0.6) is 5.88 Å². The number of pyridine rings is 1. The minimum absolute atomic E-state index is 0.0223. The molecule has 2 heterocycles. The number of hydrogen-bond acceptors (Lipinski definition) is 6. The molecule has 28 heavy (non-hydrogen) atoms. The van der Waals surface area contributed by atoms with E-state index in [-0.39, 0.29) is 24.0 Å². The SMILES string of the molecule is COC(=O)C1Cc2c(Br)nc(OC[C@@H]3CCN3C(=O)OC(C)(C)C)c(C)c2C1. The van der Waals surface area contributed by atoms with Gasteiger partial charge in [0.1, 0.15) is 16.8 Å². The molecule has 0 N–H and O–H groups in total. The molecule has 1 saturated heterocycles. The van der Waals surface area contributed by atoms with Gasteiger partial charge in [0.15, 0.2) is 0 Å². The van der Waals surface area contributed by atoms with Gasteiger partial charge >= 0.3 is 12.1 Å². The van der Waals surface area contributed by atoms with Gasteiger partial charge in [-0.1, -0.05) is 0 Å². The fourth-order valence-electron chi connectivity index (χ4n) is 3.59. The molecule has 7 nitrogen and oxygen atoms in total. The topological polar surface area (TPSA) is 78.0 Å². The highest BCUT2D eigenvalue weighted by Crippen LogP contribution is 2.37. The molecule has 3 rings (SSSR count). The first-order valence-corrected chi connectivity index (χ1v) is 10.3. The Kier molecular flexibility index (Phi) is 5.89. The van der Waals surface area contributed by atoms with Crippen molar-refractivity contribution in [2.24, 2.45) is 5.92 Å². The van der Waals surface area contributed by atoms with E-state index in [0.717, 1.165) is 23.1 Å². The van der Waals surface area contributed by atoms with Gasteiger partial charge in [-0.05, 0) is 74.0 Å². The molecule has 8 heteroatoms. The van der Waals surface area contributed by atoms with Gasteiger partial charge in [0.25, 0.3) is 0 Å². The Bertz CT molecular complexity index is 790. The summed E-state index contributed by atoms with van der Waals surface area (Å²) < 4.78 is 17.0. The maximum absolute atomic E-state index is 12.2. The molecule has 1 amide bonds. The van der Waals surface area contributed by atoms with E-state index in [9.17, 15) is 9.59 Å². The zero-order valence-corrected chi connectivity index (χ0v) is 18.6. The number of carbonyl (C=O) groups is 2. The first kappa shape index (κ1) is 20.9. The molecule has 1 unspecified atom stereocenters. The number of fused-ring (bicyclic) bond motifs is 1. The summed E-state index contributed by atoms with van der Waals surface area (Å²) in [4.78, 5) is 30.4. The van der Waals surface area contributed by atoms with Gasteiger partial charge in [-0.2, -0.15) is 0 Å². The zero-order chi connectivity index (χ0) is 20.6. The lowest BCUT2D eigenvalue weighted by molar-refractivity contribution is -0.145. The van der Waals surface area contributed by atoms with E-state index in [0.29, 0.717) is 36.5 Å². The van der Waals surface area contributed by atoms with Crippen LogP contribution in [0.1, 0.15) is 43.9 Å². The van der Waals surface area contributed by atoms with Crippen molar-refractivity contribution in [2.45, 2.75) is 58.6 Å². The number of likely N-dealkylation sites (tertiary alicyclic amines) is 1. The molecule has 0 spiro atoms. The van der Waals surface area contributed by atoms with E-state index in [1.807, 2.05) is 27.7 Å². The van der Waals surface area contributed by atoms with Gasteiger partial charge in [0, 0.05) is 12.1 Å². The number of ether oxygens (including phenoxy) is 3. The van der Waals surface area contributed by atoms with Crippen molar-refractivity contribution in [1.29, 1.82) is 0 Å². The Morgan fingerprint density at radius 1 is 1.25 bits per heavy atom. The third-order valence-electron chi connectivity index (χ3n) is 5.21. The van der Waals surface area contributed by atoms with Crippen LogP contribution >= 0.6 is 15.9 Å². The van der Waals surface area contributed by atoms with E-state index in [1.54, 1.807) is 4.90 Å². The Morgan fingerprint density at radius 2 is 1.93 bits per heavy atom. The second-order valence-corrected chi connectivity index (χ2v) is 9.10. The van der Waals surface area contributed by atoms with Crippen LogP contribution in [-0.2, 0) is 27.1 Å². The highest BCUT2D eigenvalue weighted by atomic mass is 79.9. The van der Waals surface area contributed by atoms with Gasteiger partial charge in [-0.3, -0.25) is 4.79 Å². The first-order chi connectivity index (χ1) is 13.1. The van der Waals surface area contributed by atoms with Crippen molar-refractivity contribution in [3.63, 3.8) is 0 Å². The predicted molar refractivity (Wildman–Crippen MR) is 106 cm³/mol. The largest absolute Gasteiger partial charge is 0.475 e. The minimum Gasteiger partial charge on any atom is -0.475 e. The number of carbonyl (C=O) groups excluding carboxylic acids is 2. The summed E-state index contributed by atoms with van der Waals surface area (Å²) in [6, 6.07) is -0.0223. The Hall–Kier alpha value is -1.83. The smallest absolute Gasteiger partial charge is 0.410 e. The number of halogens is 1. The van der Waals surface area contributed by atoms with Crippen molar-refractivity contribution in [2.75, 3.05) is 20.3 Å². The Labute approximate surface area is 173 Å². The van der Waals surface area contributed by atoms with Crippen LogP contribution in [0.15, 0.2) is 4.60 Å². The van der Waals surface area contributed by atoms with Crippen molar-refractivity contribution in [3.05, 3.63) is 21.3 Å². The van der Waals surface area contributed by atoms with Crippen LogP contribution in [0.25, 0.3) is 0 Å². The molecular weight excluding hydrogens is 428 g/mol. The second-order valence-electron chi connectivity index (χ2n) is 8.35. The summed E-state index contributed by atoms with van der Waals surface area (Å²) in [6.45, 7) is 8.55. The lowest BCUT2D eigenvalue weighted by Crippen LogP contribution is -2.55. The molecule has 1 aromatic rings. The van der Waals surface area contributed by atoms with Crippen molar-refractivity contribution in [1.82, 2.24) is 9.88 Å². The number of nitrogens with zero attached hydrogens (tertiary/aromatic N) is 2. The molecule has 1 aliphatic carbocycles. The molecule has 1 aromatic heterocycles. The molecule has 0 radical (unpaired) electrons. The lowest BCUT2D eigenvalue weighted by atomic mass is 10.0. The van der Waals surface area contributed by atoms with Crippen LogP contribution in [0.2, 0.25) is 0 Å². The van der Waals surface area contributed by atoms with Crippen LogP contribution in [-0.4, -0.2) is 53.9 Å². The van der Waals surface area contributed by atoms with Crippen molar-refractivity contribution in [3.8, 4) is 5.88 Å². The minimum atomic E-state index is -0.517. The summed E-state index contributed by atoms with van der Waals surface area (Å²) >= 11 is 3.51.